The van der Waals surface area contributed by atoms with Gasteiger partial charge in [-0.2, -0.15) is 0 Å². The second kappa shape index (κ2) is 8.46. The highest BCUT2D eigenvalue weighted by molar-refractivity contribution is 5.99. The average Bonchev–Trinajstić information content (AvgIpc) is 3.44. The molecule has 2 atom stereocenters. The molecular formula is C26H25F2N3O2. The first kappa shape index (κ1) is 21.4. The number of carbonyl (C=O) groups is 1. The van der Waals surface area contributed by atoms with Crippen molar-refractivity contribution in [3.8, 4) is 11.4 Å². The van der Waals surface area contributed by atoms with Gasteiger partial charge >= 0.3 is 0 Å². The standard InChI is InChI=1S/C26H25F2N3O2/c1-16-14-30(15-29-16)24-7-3-17(12-25(24)33-2)11-19-5-8-23-20(9-10-31(23)26(19)32)18-4-6-21(27)22(28)13-18/h3-4,6-7,11-15,20,23H,5,8-10H2,1-2H3/b19-11+/t20-,23-/m0/s1. The maximum Gasteiger partial charge on any atom is 0.250 e. The Kier molecular flexibility index (Phi) is 5.48. The van der Waals surface area contributed by atoms with E-state index in [-0.39, 0.29) is 17.9 Å². The van der Waals surface area contributed by atoms with Crippen molar-refractivity contribution in [1.82, 2.24) is 14.5 Å². The molecule has 3 heterocycles. The van der Waals surface area contributed by atoms with Crippen molar-refractivity contribution in [1.29, 1.82) is 0 Å². The molecule has 0 saturated carbocycles. The van der Waals surface area contributed by atoms with Crippen LogP contribution in [-0.2, 0) is 4.79 Å². The molecular weight excluding hydrogens is 424 g/mol. The molecule has 0 bridgehead atoms. The summed E-state index contributed by atoms with van der Waals surface area (Å²) >= 11 is 0. The molecule has 1 aromatic heterocycles. The highest BCUT2D eigenvalue weighted by atomic mass is 19.2. The van der Waals surface area contributed by atoms with Gasteiger partial charge in [0.05, 0.1) is 24.8 Å². The summed E-state index contributed by atoms with van der Waals surface area (Å²) < 4.78 is 34.6. The molecule has 2 aliphatic rings. The number of halogens is 2. The molecule has 0 N–H and O–H groups in total. The molecule has 0 aliphatic carbocycles. The van der Waals surface area contributed by atoms with E-state index in [9.17, 15) is 13.6 Å². The number of rotatable bonds is 4. The van der Waals surface area contributed by atoms with Crippen molar-refractivity contribution in [2.24, 2.45) is 0 Å². The van der Waals surface area contributed by atoms with Crippen molar-refractivity contribution in [3.05, 3.63) is 83.0 Å². The molecule has 0 radical (unpaired) electrons. The Morgan fingerprint density at radius 3 is 2.70 bits per heavy atom. The molecule has 2 aliphatic heterocycles. The van der Waals surface area contributed by atoms with Gasteiger partial charge in [-0.25, -0.2) is 13.8 Å². The van der Waals surface area contributed by atoms with Crippen LogP contribution in [0.25, 0.3) is 11.8 Å². The minimum Gasteiger partial charge on any atom is -0.495 e. The molecule has 0 spiro atoms. The van der Waals surface area contributed by atoms with E-state index in [4.69, 9.17) is 4.74 Å². The highest BCUT2D eigenvalue weighted by Crippen LogP contribution is 2.41. The Labute approximate surface area is 191 Å². The highest BCUT2D eigenvalue weighted by Gasteiger charge is 2.41. The van der Waals surface area contributed by atoms with Gasteiger partial charge < -0.3 is 14.2 Å². The van der Waals surface area contributed by atoms with Gasteiger partial charge in [0, 0.05) is 30.3 Å². The number of carbonyl (C=O) groups excluding carboxylic acids is 1. The Morgan fingerprint density at radius 1 is 1.12 bits per heavy atom. The molecule has 5 rings (SSSR count). The van der Waals surface area contributed by atoms with Crippen LogP contribution in [0.5, 0.6) is 5.75 Å². The second-order valence-corrected chi connectivity index (χ2v) is 8.70. The smallest absolute Gasteiger partial charge is 0.250 e. The van der Waals surface area contributed by atoms with E-state index in [2.05, 4.69) is 4.98 Å². The van der Waals surface area contributed by atoms with E-state index in [0.29, 0.717) is 18.7 Å². The third-order valence-electron chi connectivity index (χ3n) is 6.70. The maximum absolute atomic E-state index is 13.8. The Hall–Kier alpha value is -3.48. The number of nitrogens with zero attached hydrogens (tertiary/aromatic N) is 3. The van der Waals surface area contributed by atoms with Crippen molar-refractivity contribution < 1.29 is 18.3 Å². The van der Waals surface area contributed by atoms with E-state index in [0.717, 1.165) is 40.9 Å². The number of methoxy groups -OCH3 is 1. The van der Waals surface area contributed by atoms with E-state index < -0.39 is 11.6 Å². The fourth-order valence-electron chi connectivity index (χ4n) is 5.07. The molecule has 3 aromatic rings. The zero-order chi connectivity index (χ0) is 23.1. The first-order valence-corrected chi connectivity index (χ1v) is 11.1. The number of ether oxygens (including phenoxy) is 1. The first-order chi connectivity index (χ1) is 15.9. The molecule has 0 unspecified atom stereocenters. The van der Waals surface area contributed by atoms with Crippen LogP contribution < -0.4 is 4.74 Å². The van der Waals surface area contributed by atoms with E-state index >= 15 is 0 Å². The molecule has 2 saturated heterocycles. The van der Waals surface area contributed by atoms with Gasteiger partial charge in [0.25, 0.3) is 0 Å². The van der Waals surface area contributed by atoms with Crippen LogP contribution in [0, 0.1) is 18.6 Å². The Balaban J connectivity index is 1.37. The van der Waals surface area contributed by atoms with Gasteiger partial charge in [0.1, 0.15) is 5.75 Å². The third kappa shape index (κ3) is 3.92. The van der Waals surface area contributed by atoms with Gasteiger partial charge in [0.15, 0.2) is 11.6 Å². The molecule has 2 fully saturated rings. The normalized spacial score (nSPS) is 21.5. The zero-order valence-electron chi connectivity index (χ0n) is 18.6. The van der Waals surface area contributed by atoms with Crippen LogP contribution >= 0.6 is 0 Å². The Morgan fingerprint density at radius 2 is 1.97 bits per heavy atom. The minimum atomic E-state index is -0.844. The Bertz CT molecular complexity index is 1250. The van der Waals surface area contributed by atoms with Crippen LogP contribution in [0.4, 0.5) is 8.78 Å². The molecule has 1 amide bonds. The fourth-order valence-corrected chi connectivity index (χ4v) is 5.07. The van der Waals surface area contributed by atoms with E-state index in [1.807, 2.05) is 46.9 Å². The lowest BCUT2D eigenvalue weighted by molar-refractivity contribution is -0.129. The summed E-state index contributed by atoms with van der Waals surface area (Å²) in [6.45, 7) is 2.55. The third-order valence-corrected chi connectivity index (χ3v) is 6.70. The summed E-state index contributed by atoms with van der Waals surface area (Å²) in [5.74, 6) is -0.934. The number of aryl methyl sites for hydroxylation is 1. The zero-order valence-corrected chi connectivity index (χ0v) is 18.6. The van der Waals surface area contributed by atoms with Crippen molar-refractivity contribution >= 4 is 12.0 Å². The summed E-state index contributed by atoms with van der Waals surface area (Å²) in [7, 11) is 1.62. The number of piperidine rings is 1. The van der Waals surface area contributed by atoms with Crippen LogP contribution in [0.2, 0.25) is 0 Å². The average molecular weight is 450 g/mol. The number of fused-ring (bicyclic) bond motifs is 1. The van der Waals surface area contributed by atoms with E-state index in [1.54, 1.807) is 19.5 Å². The lowest BCUT2D eigenvalue weighted by Crippen LogP contribution is -2.42. The van der Waals surface area contributed by atoms with E-state index in [1.165, 1.54) is 12.1 Å². The number of benzene rings is 2. The monoisotopic (exact) mass is 449 g/mol. The van der Waals surface area contributed by atoms with Crippen molar-refractivity contribution in [3.63, 3.8) is 0 Å². The quantitative estimate of drug-likeness (QED) is 0.525. The number of aromatic nitrogens is 2. The number of imidazole rings is 1. The number of hydrogen-bond acceptors (Lipinski definition) is 3. The largest absolute Gasteiger partial charge is 0.495 e. The van der Waals surface area contributed by atoms with Crippen molar-refractivity contribution in [2.45, 2.75) is 38.1 Å². The van der Waals surface area contributed by atoms with Gasteiger partial charge in [-0.15, -0.1) is 0 Å². The lowest BCUT2D eigenvalue weighted by Gasteiger charge is -2.34. The summed E-state index contributed by atoms with van der Waals surface area (Å²) in [5.41, 5.74) is 4.20. The topological polar surface area (TPSA) is 47.4 Å². The molecule has 170 valence electrons. The van der Waals surface area contributed by atoms with Crippen LogP contribution in [-0.4, -0.2) is 40.1 Å². The predicted molar refractivity (Wildman–Crippen MR) is 121 cm³/mol. The van der Waals surface area contributed by atoms with Crippen LogP contribution in [0.3, 0.4) is 0 Å². The van der Waals surface area contributed by atoms with Gasteiger partial charge in [-0.3, -0.25) is 4.79 Å². The summed E-state index contributed by atoms with van der Waals surface area (Å²) in [6, 6.07) is 9.94. The lowest BCUT2D eigenvalue weighted by atomic mass is 9.85. The molecule has 5 nitrogen and oxygen atoms in total. The van der Waals surface area contributed by atoms with Gasteiger partial charge in [-0.1, -0.05) is 12.1 Å². The van der Waals surface area contributed by atoms with Crippen LogP contribution in [0.15, 0.2) is 54.5 Å². The summed E-state index contributed by atoms with van der Waals surface area (Å²) in [5, 5.41) is 0. The second-order valence-electron chi connectivity index (χ2n) is 8.70. The fraction of sp³-hybridized carbons (Fsp3) is 0.308. The SMILES string of the molecule is COc1cc(/C=C2\CC[C@H]3[C@H](c4ccc(F)c(F)c4)CCN3C2=O)ccc1-n1cnc(C)c1. The molecule has 33 heavy (non-hydrogen) atoms. The molecule has 7 heteroatoms. The van der Waals surface area contributed by atoms with Crippen LogP contribution in [0.1, 0.15) is 42.0 Å². The first-order valence-electron chi connectivity index (χ1n) is 11.1. The number of hydrogen-bond donors (Lipinski definition) is 0. The number of amides is 1. The van der Waals surface area contributed by atoms with Gasteiger partial charge in [-0.05, 0) is 67.7 Å². The predicted octanol–water partition coefficient (Wildman–Crippen LogP) is 5.03. The summed E-state index contributed by atoms with van der Waals surface area (Å²) in [4.78, 5) is 19.4. The molecule has 2 aromatic carbocycles. The van der Waals surface area contributed by atoms with Gasteiger partial charge in [0.2, 0.25) is 5.91 Å². The maximum atomic E-state index is 13.8. The van der Waals surface area contributed by atoms with Crippen molar-refractivity contribution in [2.75, 3.05) is 13.7 Å². The summed E-state index contributed by atoms with van der Waals surface area (Å²) in [6.07, 6.45) is 7.79. The minimum absolute atomic E-state index is 0.0147.